The third kappa shape index (κ3) is 1.88. The first-order valence-corrected chi connectivity index (χ1v) is 6.52. The molecule has 0 heterocycles. The summed E-state index contributed by atoms with van der Waals surface area (Å²) >= 11 is 3.48. The number of hydrogen-bond acceptors (Lipinski definition) is 0. The van der Waals surface area contributed by atoms with Crippen LogP contribution in [0.5, 0.6) is 0 Å². The van der Waals surface area contributed by atoms with Gasteiger partial charge in [-0.1, -0.05) is 60.0 Å². The van der Waals surface area contributed by atoms with Gasteiger partial charge in [-0.2, -0.15) is 0 Å². The van der Waals surface area contributed by atoms with Crippen LogP contribution in [0.1, 0.15) is 43.7 Å². The minimum atomic E-state index is 0.463. The van der Waals surface area contributed by atoms with Crippen LogP contribution in [0.2, 0.25) is 0 Å². The molecule has 0 spiro atoms. The number of rotatable bonds is 2. The first kappa shape index (κ1) is 10.2. The monoisotopic (exact) mass is 252 g/mol. The van der Waals surface area contributed by atoms with Crippen molar-refractivity contribution < 1.29 is 0 Å². The molecule has 2 rings (SSSR count). The minimum Gasteiger partial charge on any atom is -0.0876 e. The second-order valence-corrected chi connectivity index (χ2v) is 5.16. The van der Waals surface area contributed by atoms with E-state index in [0.29, 0.717) is 5.41 Å². The fourth-order valence-corrected chi connectivity index (χ4v) is 2.81. The summed E-state index contributed by atoms with van der Waals surface area (Å²) in [6.07, 6.45) is 5.52. The van der Waals surface area contributed by atoms with Crippen LogP contribution < -0.4 is 0 Å². The molecule has 0 atom stereocenters. The molecule has 0 nitrogen and oxygen atoms in total. The number of hydrogen-bond donors (Lipinski definition) is 0. The van der Waals surface area contributed by atoms with E-state index >= 15 is 0 Å². The van der Waals surface area contributed by atoms with Crippen molar-refractivity contribution in [3.8, 4) is 0 Å². The van der Waals surface area contributed by atoms with E-state index in [0.717, 1.165) is 5.33 Å². The summed E-state index contributed by atoms with van der Waals surface area (Å²) in [5, 5.41) is 0.962. The lowest BCUT2D eigenvalue weighted by Gasteiger charge is -2.24. The molecule has 76 valence electrons. The van der Waals surface area contributed by atoms with Crippen LogP contribution >= 0.6 is 15.9 Å². The predicted molar refractivity (Wildman–Crippen MR) is 64.9 cm³/mol. The molecular weight excluding hydrogens is 236 g/mol. The standard InChI is InChI=1S/C13H17Br/c1-13(8-2-3-9-13)12-6-4-11(10-14)5-7-12/h4-7H,2-3,8-10H2,1H3. The van der Waals surface area contributed by atoms with Crippen molar-refractivity contribution in [2.75, 3.05) is 0 Å². The molecule has 0 aromatic heterocycles. The highest BCUT2D eigenvalue weighted by Crippen LogP contribution is 2.40. The fourth-order valence-electron chi connectivity index (χ4n) is 2.44. The van der Waals surface area contributed by atoms with Gasteiger partial charge in [-0.3, -0.25) is 0 Å². The second-order valence-electron chi connectivity index (χ2n) is 4.60. The highest BCUT2D eigenvalue weighted by Gasteiger charge is 2.29. The molecule has 0 unspecified atom stereocenters. The molecule has 1 saturated carbocycles. The molecule has 1 heteroatoms. The molecule has 1 aromatic carbocycles. The molecule has 1 aliphatic carbocycles. The lowest BCUT2D eigenvalue weighted by Crippen LogP contribution is -2.16. The van der Waals surface area contributed by atoms with Crippen molar-refractivity contribution in [1.29, 1.82) is 0 Å². The van der Waals surface area contributed by atoms with E-state index in [4.69, 9.17) is 0 Å². The Balaban J connectivity index is 2.23. The van der Waals surface area contributed by atoms with Crippen LogP contribution in [-0.2, 0) is 10.7 Å². The van der Waals surface area contributed by atoms with Crippen molar-refractivity contribution in [2.24, 2.45) is 0 Å². The largest absolute Gasteiger partial charge is 0.0876 e. The molecular formula is C13H17Br. The maximum absolute atomic E-state index is 3.48. The Hall–Kier alpha value is -0.300. The van der Waals surface area contributed by atoms with Gasteiger partial charge < -0.3 is 0 Å². The average molecular weight is 253 g/mol. The highest BCUT2D eigenvalue weighted by atomic mass is 79.9. The first-order valence-electron chi connectivity index (χ1n) is 5.40. The van der Waals surface area contributed by atoms with Gasteiger partial charge in [-0.15, -0.1) is 0 Å². The van der Waals surface area contributed by atoms with E-state index in [9.17, 15) is 0 Å². The van der Waals surface area contributed by atoms with Crippen LogP contribution in [0.15, 0.2) is 24.3 Å². The third-order valence-electron chi connectivity index (χ3n) is 3.51. The zero-order valence-electron chi connectivity index (χ0n) is 8.72. The van der Waals surface area contributed by atoms with E-state index < -0.39 is 0 Å². The van der Waals surface area contributed by atoms with E-state index in [2.05, 4.69) is 47.1 Å². The molecule has 1 aromatic rings. The fraction of sp³-hybridized carbons (Fsp3) is 0.538. The first-order chi connectivity index (χ1) is 6.74. The molecule has 0 aliphatic heterocycles. The van der Waals surface area contributed by atoms with Crippen molar-refractivity contribution in [3.05, 3.63) is 35.4 Å². The molecule has 1 fully saturated rings. The predicted octanol–water partition coefficient (Wildman–Crippen LogP) is 4.41. The van der Waals surface area contributed by atoms with Gasteiger partial charge in [-0.25, -0.2) is 0 Å². The molecule has 0 radical (unpaired) electrons. The maximum Gasteiger partial charge on any atom is 0.0283 e. The third-order valence-corrected chi connectivity index (χ3v) is 4.16. The Labute approximate surface area is 94.8 Å². The lowest BCUT2D eigenvalue weighted by molar-refractivity contribution is 0.491. The van der Waals surface area contributed by atoms with Gasteiger partial charge in [0.2, 0.25) is 0 Å². The molecule has 0 saturated heterocycles. The van der Waals surface area contributed by atoms with E-state index in [1.54, 1.807) is 0 Å². The van der Waals surface area contributed by atoms with Gasteiger partial charge in [0.1, 0.15) is 0 Å². The normalized spacial score (nSPS) is 19.9. The SMILES string of the molecule is CC1(c2ccc(CBr)cc2)CCCC1. The van der Waals surface area contributed by atoms with Crippen LogP contribution in [0.4, 0.5) is 0 Å². The smallest absolute Gasteiger partial charge is 0.0283 e. The number of halogens is 1. The average Bonchev–Trinajstić information content (AvgIpc) is 2.67. The maximum atomic E-state index is 3.48. The summed E-state index contributed by atoms with van der Waals surface area (Å²) in [5.74, 6) is 0. The molecule has 0 N–H and O–H groups in total. The van der Waals surface area contributed by atoms with Crippen LogP contribution in [-0.4, -0.2) is 0 Å². The van der Waals surface area contributed by atoms with E-state index in [-0.39, 0.29) is 0 Å². The Bertz CT molecular complexity index is 294. The van der Waals surface area contributed by atoms with Gasteiger partial charge in [-0.05, 0) is 29.4 Å². The molecule has 0 amide bonds. The number of alkyl halides is 1. The second kappa shape index (κ2) is 4.06. The summed E-state index contributed by atoms with van der Waals surface area (Å²) in [7, 11) is 0. The van der Waals surface area contributed by atoms with E-state index in [1.807, 2.05) is 0 Å². The van der Waals surface area contributed by atoms with Crippen LogP contribution in [0.3, 0.4) is 0 Å². The topological polar surface area (TPSA) is 0 Å². The summed E-state index contributed by atoms with van der Waals surface area (Å²) < 4.78 is 0. The quantitative estimate of drug-likeness (QED) is 0.685. The Morgan fingerprint density at radius 1 is 1.14 bits per heavy atom. The summed E-state index contributed by atoms with van der Waals surface area (Å²) in [4.78, 5) is 0. The van der Waals surface area contributed by atoms with Gasteiger partial charge in [0.25, 0.3) is 0 Å². The number of benzene rings is 1. The molecule has 14 heavy (non-hydrogen) atoms. The summed E-state index contributed by atoms with van der Waals surface area (Å²) in [6.45, 7) is 2.41. The Morgan fingerprint density at radius 3 is 2.21 bits per heavy atom. The van der Waals surface area contributed by atoms with Crippen molar-refractivity contribution >= 4 is 15.9 Å². The van der Waals surface area contributed by atoms with Gasteiger partial charge >= 0.3 is 0 Å². The van der Waals surface area contributed by atoms with E-state index in [1.165, 1.54) is 36.8 Å². The zero-order valence-corrected chi connectivity index (χ0v) is 10.3. The minimum absolute atomic E-state index is 0.463. The van der Waals surface area contributed by atoms with Gasteiger partial charge in [0.15, 0.2) is 0 Å². The Morgan fingerprint density at radius 2 is 1.71 bits per heavy atom. The summed E-state index contributed by atoms with van der Waals surface area (Å²) in [6, 6.07) is 9.10. The van der Waals surface area contributed by atoms with Gasteiger partial charge in [0.05, 0.1) is 0 Å². The molecule has 0 bridgehead atoms. The molecule has 1 aliphatic rings. The van der Waals surface area contributed by atoms with Crippen molar-refractivity contribution in [1.82, 2.24) is 0 Å². The van der Waals surface area contributed by atoms with Crippen LogP contribution in [0, 0.1) is 0 Å². The zero-order chi connectivity index (χ0) is 10.0. The van der Waals surface area contributed by atoms with Crippen molar-refractivity contribution in [2.45, 2.75) is 43.4 Å². The Kier molecular flexibility index (Phi) is 2.96. The van der Waals surface area contributed by atoms with Crippen molar-refractivity contribution in [3.63, 3.8) is 0 Å². The van der Waals surface area contributed by atoms with Crippen LogP contribution in [0.25, 0.3) is 0 Å². The highest BCUT2D eigenvalue weighted by molar-refractivity contribution is 9.08. The summed E-state index contributed by atoms with van der Waals surface area (Å²) in [5.41, 5.74) is 3.36. The van der Waals surface area contributed by atoms with Gasteiger partial charge in [0, 0.05) is 5.33 Å². The lowest BCUT2D eigenvalue weighted by atomic mass is 9.81.